The Morgan fingerprint density at radius 2 is 1.83 bits per heavy atom. The Labute approximate surface area is 171 Å². The number of nitrogens with zero attached hydrogens (tertiary/aromatic N) is 3. The number of aromatic nitrogens is 2. The first kappa shape index (κ1) is 18.4. The number of carbonyl (C=O) groups excluding carboxylic acids is 1. The number of fused-ring (bicyclic) bond motifs is 1. The number of rotatable bonds is 3. The molecule has 0 saturated carbocycles. The van der Waals surface area contributed by atoms with Gasteiger partial charge >= 0.3 is 6.03 Å². The summed E-state index contributed by atoms with van der Waals surface area (Å²) in [4.78, 5) is 18.8. The highest BCUT2D eigenvalue weighted by atomic mass is 19.1. The summed E-state index contributed by atoms with van der Waals surface area (Å²) in [7, 11) is 0. The second kappa shape index (κ2) is 7.66. The van der Waals surface area contributed by atoms with E-state index in [1.54, 1.807) is 35.2 Å². The fourth-order valence-corrected chi connectivity index (χ4v) is 3.62. The normalized spacial score (nSPS) is 16.0. The Kier molecular flexibility index (Phi) is 4.70. The molecule has 0 atom stereocenters. The van der Waals surface area contributed by atoms with Crippen molar-refractivity contribution in [3.05, 3.63) is 54.2 Å². The number of anilines is 1. The van der Waals surface area contributed by atoms with Gasteiger partial charge in [-0.05, 0) is 49.2 Å². The molecule has 2 aromatic carbocycles. The molecule has 3 aromatic rings. The molecule has 30 heavy (non-hydrogen) atoms. The van der Waals surface area contributed by atoms with E-state index in [0.29, 0.717) is 47.6 Å². The molecule has 1 aromatic heterocycles. The number of amides is 2. The van der Waals surface area contributed by atoms with E-state index in [4.69, 9.17) is 14.0 Å². The van der Waals surface area contributed by atoms with Crippen LogP contribution in [-0.4, -0.2) is 41.0 Å². The fourth-order valence-electron chi connectivity index (χ4n) is 3.62. The lowest BCUT2D eigenvalue weighted by atomic mass is 9.97. The smallest absolute Gasteiger partial charge is 0.321 e. The van der Waals surface area contributed by atoms with Crippen LogP contribution in [0.2, 0.25) is 0 Å². The van der Waals surface area contributed by atoms with Crippen LogP contribution in [0.4, 0.5) is 14.9 Å². The van der Waals surface area contributed by atoms with Gasteiger partial charge < -0.3 is 24.2 Å². The maximum Gasteiger partial charge on any atom is 0.321 e. The fraction of sp³-hybridized carbons (Fsp3) is 0.286. The van der Waals surface area contributed by atoms with Gasteiger partial charge in [0.1, 0.15) is 5.82 Å². The minimum Gasteiger partial charge on any atom is -0.454 e. The van der Waals surface area contributed by atoms with Crippen molar-refractivity contribution in [3.8, 4) is 22.9 Å². The highest BCUT2D eigenvalue weighted by molar-refractivity contribution is 5.89. The van der Waals surface area contributed by atoms with Crippen LogP contribution in [0, 0.1) is 5.82 Å². The van der Waals surface area contributed by atoms with Crippen LogP contribution in [0.25, 0.3) is 11.4 Å². The minimum atomic E-state index is -0.311. The van der Waals surface area contributed by atoms with Crippen molar-refractivity contribution < 1.29 is 23.2 Å². The SMILES string of the molecule is O=C(Nc1ccc2c(c1)OCO2)N1CCC(c2nc(-c3ccc(F)cc3)no2)CC1. The molecule has 0 aliphatic carbocycles. The molecule has 1 saturated heterocycles. The van der Waals surface area contributed by atoms with Crippen LogP contribution in [0.1, 0.15) is 24.7 Å². The molecule has 0 bridgehead atoms. The summed E-state index contributed by atoms with van der Waals surface area (Å²) in [6, 6.07) is 11.1. The Balaban J connectivity index is 1.18. The monoisotopic (exact) mass is 410 g/mol. The number of halogens is 1. The quantitative estimate of drug-likeness (QED) is 0.702. The third-order valence-corrected chi connectivity index (χ3v) is 5.30. The number of likely N-dealkylation sites (tertiary alicyclic amines) is 1. The van der Waals surface area contributed by atoms with Crippen LogP contribution >= 0.6 is 0 Å². The lowest BCUT2D eigenvalue weighted by molar-refractivity contribution is 0.174. The van der Waals surface area contributed by atoms with E-state index < -0.39 is 0 Å². The van der Waals surface area contributed by atoms with Gasteiger partial charge in [0.2, 0.25) is 18.5 Å². The number of ether oxygens (including phenoxy) is 2. The van der Waals surface area contributed by atoms with Gasteiger partial charge in [-0.25, -0.2) is 9.18 Å². The van der Waals surface area contributed by atoms with Crippen LogP contribution < -0.4 is 14.8 Å². The number of urea groups is 1. The van der Waals surface area contributed by atoms with Gasteiger partial charge in [-0.2, -0.15) is 4.98 Å². The van der Waals surface area contributed by atoms with Gasteiger partial charge in [-0.15, -0.1) is 0 Å². The first-order valence-corrected chi connectivity index (χ1v) is 9.71. The summed E-state index contributed by atoms with van der Waals surface area (Å²) in [5, 5.41) is 6.90. The van der Waals surface area contributed by atoms with Gasteiger partial charge in [0.15, 0.2) is 11.5 Å². The zero-order valence-electron chi connectivity index (χ0n) is 16.0. The average molecular weight is 410 g/mol. The summed E-state index contributed by atoms with van der Waals surface area (Å²) in [6.45, 7) is 1.35. The van der Waals surface area contributed by atoms with Crippen molar-refractivity contribution >= 4 is 11.7 Å². The first-order valence-electron chi connectivity index (χ1n) is 9.71. The maximum atomic E-state index is 13.1. The summed E-state index contributed by atoms with van der Waals surface area (Å²) in [6.07, 6.45) is 1.44. The van der Waals surface area contributed by atoms with Crippen molar-refractivity contribution in [1.29, 1.82) is 0 Å². The molecule has 2 aliphatic rings. The molecule has 2 aliphatic heterocycles. The van der Waals surface area contributed by atoms with Crippen molar-refractivity contribution in [2.24, 2.45) is 0 Å². The first-order chi connectivity index (χ1) is 14.7. The number of carbonyl (C=O) groups is 1. The summed E-state index contributed by atoms with van der Waals surface area (Å²) in [5.74, 6) is 2.06. The summed E-state index contributed by atoms with van der Waals surface area (Å²) in [5.41, 5.74) is 1.36. The number of benzene rings is 2. The highest BCUT2D eigenvalue weighted by Gasteiger charge is 2.28. The zero-order chi connectivity index (χ0) is 20.5. The van der Waals surface area contributed by atoms with E-state index in [-0.39, 0.29) is 24.6 Å². The molecule has 9 heteroatoms. The summed E-state index contributed by atoms with van der Waals surface area (Å²) < 4.78 is 29.1. The molecular formula is C21H19FN4O4. The predicted octanol–water partition coefficient (Wildman–Crippen LogP) is 4.02. The summed E-state index contributed by atoms with van der Waals surface area (Å²) >= 11 is 0. The third-order valence-electron chi connectivity index (χ3n) is 5.30. The van der Waals surface area contributed by atoms with Crippen LogP contribution in [0.15, 0.2) is 47.0 Å². The van der Waals surface area contributed by atoms with Gasteiger partial charge in [0.05, 0.1) is 0 Å². The van der Waals surface area contributed by atoms with Crippen molar-refractivity contribution in [2.75, 3.05) is 25.2 Å². The van der Waals surface area contributed by atoms with Crippen molar-refractivity contribution in [2.45, 2.75) is 18.8 Å². The number of piperidine rings is 1. The van der Waals surface area contributed by atoms with E-state index in [1.807, 2.05) is 0 Å². The number of hydrogen-bond donors (Lipinski definition) is 1. The van der Waals surface area contributed by atoms with Crippen LogP contribution in [0.3, 0.4) is 0 Å². The second-order valence-electron chi connectivity index (χ2n) is 7.22. The third kappa shape index (κ3) is 3.66. The number of nitrogens with one attached hydrogen (secondary N) is 1. The Morgan fingerprint density at radius 3 is 2.63 bits per heavy atom. The maximum absolute atomic E-state index is 13.1. The lowest BCUT2D eigenvalue weighted by Gasteiger charge is -2.30. The van der Waals surface area contributed by atoms with E-state index in [9.17, 15) is 9.18 Å². The zero-order valence-corrected chi connectivity index (χ0v) is 16.0. The number of hydrogen-bond acceptors (Lipinski definition) is 6. The highest BCUT2D eigenvalue weighted by Crippen LogP contribution is 2.34. The topological polar surface area (TPSA) is 89.7 Å². The molecule has 8 nitrogen and oxygen atoms in total. The molecule has 0 radical (unpaired) electrons. The standard InChI is InChI=1S/C21H19FN4O4/c22-15-3-1-13(2-4-15)19-24-20(30-25-19)14-7-9-26(10-8-14)21(27)23-16-5-6-17-18(11-16)29-12-28-17/h1-6,11,14H,7-10,12H2,(H,23,27). The molecule has 5 rings (SSSR count). The van der Waals surface area contributed by atoms with Gasteiger partial charge in [-0.3, -0.25) is 0 Å². The van der Waals surface area contributed by atoms with Gasteiger partial charge in [0, 0.05) is 36.3 Å². The molecular weight excluding hydrogens is 391 g/mol. The predicted molar refractivity (Wildman–Crippen MR) is 105 cm³/mol. The largest absolute Gasteiger partial charge is 0.454 e. The van der Waals surface area contributed by atoms with Gasteiger partial charge in [0.25, 0.3) is 0 Å². The molecule has 154 valence electrons. The molecule has 1 fully saturated rings. The Morgan fingerprint density at radius 1 is 1.07 bits per heavy atom. The van der Waals surface area contributed by atoms with Crippen LogP contribution in [0.5, 0.6) is 11.5 Å². The van der Waals surface area contributed by atoms with Gasteiger partial charge in [-0.1, -0.05) is 5.16 Å². The van der Waals surface area contributed by atoms with E-state index in [1.165, 1.54) is 12.1 Å². The van der Waals surface area contributed by atoms with E-state index in [0.717, 1.165) is 12.8 Å². The molecule has 3 heterocycles. The molecule has 1 N–H and O–H groups in total. The molecule has 0 unspecified atom stereocenters. The Bertz CT molecular complexity index is 1060. The molecule has 0 spiro atoms. The Hall–Kier alpha value is -3.62. The molecule has 2 amide bonds. The second-order valence-corrected chi connectivity index (χ2v) is 7.22. The lowest BCUT2D eigenvalue weighted by Crippen LogP contribution is -2.40. The van der Waals surface area contributed by atoms with Crippen molar-refractivity contribution in [1.82, 2.24) is 15.0 Å². The minimum absolute atomic E-state index is 0.0845. The van der Waals surface area contributed by atoms with E-state index >= 15 is 0 Å². The van der Waals surface area contributed by atoms with E-state index in [2.05, 4.69) is 15.5 Å². The van der Waals surface area contributed by atoms with Crippen LogP contribution in [-0.2, 0) is 0 Å². The average Bonchev–Trinajstić information content (AvgIpc) is 3.44. The van der Waals surface area contributed by atoms with Crippen molar-refractivity contribution in [3.63, 3.8) is 0 Å².